The molecule has 1 aliphatic rings. The topological polar surface area (TPSA) is 103 Å². The Labute approximate surface area is 255 Å². The lowest BCUT2D eigenvalue weighted by Gasteiger charge is -2.35. The van der Waals surface area contributed by atoms with Crippen LogP contribution in [0, 0.1) is 5.92 Å². The quantitative estimate of drug-likeness (QED) is 0.333. The number of urea groups is 1. The zero-order valence-corrected chi connectivity index (χ0v) is 26.0. The van der Waals surface area contributed by atoms with Gasteiger partial charge in [-0.2, -0.15) is 0 Å². The van der Waals surface area contributed by atoms with Crippen LogP contribution in [0.3, 0.4) is 0 Å². The van der Waals surface area contributed by atoms with Crippen molar-refractivity contribution in [2.24, 2.45) is 5.92 Å². The molecule has 0 aromatic heterocycles. The fraction of sp³-hybridized carbons (Fsp3) is 0.471. The number of fused-ring (bicyclic) bond motifs is 2. The Kier molecular flexibility index (Phi) is 11.4. The van der Waals surface area contributed by atoms with Crippen LogP contribution in [0.5, 0.6) is 5.75 Å². The van der Waals surface area contributed by atoms with Gasteiger partial charge < -0.3 is 35.0 Å². The molecule has 0 saturated carbocycles. The maximum atomic E-state index is 14.2. The van der Waals surface area contributed by atoms with Gasteiger partial charge in [-0.05, 0) is 76.9 Å². The molecule has 232 valence electrons. The summed E-state index contributed by atoms with van der Waals surface area (Å²) in [7, 11) is 4.03. The first-order valence-corrected chi connectivity index (χ1v) is 15.2. The molecule has 43 heavy (non-hydrogen) atoms. The Balaban J connectivity index is 1.63. The molecule has 3 aromatic carbocycles. The number of nitrogens with one attached hydrogen (secondary N) is 2. The maximum absolute atomic E-state index is 14.2. The number of carbonyl (C=O) groups excluding carboxylic acids is 2. The molecule has 0 fully saturated rings. The molecule has 3 amide bonds. The van der Waals surface area contributed by atoms with Gasteiger partial charge in [-0.15, -0.1) is 0 Å². The number of carbonyl (C=O) groups is 2. The third kappa shape index (κ3) is 8.69. The fourth-order valence-corrected chi connectivity index (χ4v) is 5.44. The molecule has 1 aliphatic heterocycles. The molecule has 9 nitrogen and oxygen atoms in total. The van der Waals surface area contributed by atoms with Crippen molar-refractivity contribution in [1.82, 2.24) is 9.80 Å². The molecular weight excluding hydrogens is 544 g/mol. The second-order valence-corrected chi connectivity index (χ2v) is 11.9. The molecule has 0 saturated heterocycles. The predicted molar refractivity (Wildman–Crippen MR) is 172 cm³/mol. The molecule has 4 atom stereocenters. The van der Waals surface area contributed by atoms with Crippen molar-refractivity contribution >= 4 is 34.1 Å². The van der Waals surface area contributed by atoms with Gasteiger partial charge in [-0.3, -0.25) is 4.79 Å². The average Bonchev–Trinajstić information content (AvgIpc) is 2.98. The molecule has 0 unspecified atom stereocenters. The smallest absolute Gasteiger partial charge is 0.323 e. The zero-order valence-electron chi connectivity index (χ0n) is 26.0. The normalized spacial score (nSPS) is 21.0. The van der Waals surface area contributed by atoms with Crippen LogP contribution in [-0.4, -0.2) is 85.5 Å². The lowest BCUT2D eigenvalue weighted by atomic mass is 10.0. The van der Waals surface area contributed by atoms with Gasteiger partial charge in [0.15, 0.2) is 0 Å². The summed E-state index contributed by atoms with van der Waals surface area (Å²) in [5, 5.41) is 17.9. The van der Waals surface area contributed by atoms with Crippen molar-refractivity contribution in [1.29, 1.82) is 0 Å². The minimum Gasteiger partial charge on any atom is -0.490 e. The van der Waals surface area contributed by atoms with Crippen LogP contribution in [0.25, 0.3) is 10.8 Å². The predicted octanol–water partition coefficient (Wildman–Crippen LogP) is 5.84. The van der Waals surface area contributed by atoms with Gasteiger partial charge in [0, 0.05) is 36.7 Å². The molecule has 1 heterocycles. The van der Waals surface area contributed by atoms with Gasteiger partial charge >= 0.3 is 6.03 Å². The number of aliphatic hydroxyl groups is 1. The molecule has 3 N–H and O–H groups in total. The summed E-state index contributed by atoms with van der Waals surface area (Å²) in [5.41, 5.74) is 1.48. The maximum Gasteiger partial charge on any atom is 0.323 e. The van der Waals surface area contributed by atoms with Crippen LogP contribution in [0.15, 0.2) is 60.7 Å². The highest BCUT2D eigenvalue weighted by Gasteiger charge is 2.30. The van der Waals surface area contributed by atoms with Crippen molar-refractivity contribution < 1.29 is 24.2 Å². The van der Waals surface area contributed by atoms with Crippen molar-refractivity contribution in [2.75, 3.05) is 51.0 Å². The molecular formula is C34H46N4O5. The molecule has 0 aliphatic carbocycles. The van der Waals surface area contributed by atoms with Gasteiger partial charge in [0.25, 0.3) is 5.91 Å². The number of ether oxygens (including phenoxy) is 2. The summed E-state index contributed by atoms with van der Waals surface area (Å²) in [6.45, 7) is 7.49. The van der Waals surface area contributed by atoms with E-state index in [9.17, 15) is 14.7 Å². The van der Waals surface area contributed by atoms with Crippen LogP contribution in [-0.2, 0) is 4.74 Å². The van der Waals surface area contributed by atoms with Crippen LogP contribution in [0.1, 0.15) is 50.4 Å². The van der Waals surface area contributed by atoms with Crippen LogP contribution >= 0.6 is 0 Å². The summed E-state index contributed by atoms with van der Waals surface area (Å²) in [6.07, 6.45) is 2.48. The van der Waals surface area contributed by atoms with Crippen LogP contribution in [0.4, 0.5) is 16.2 Å². The standard InChI is InChI=1S/C34H46N4O5/c1-23-20-38(24(2)22-39)33(40)29-19-27(35-34(41)36-30-15-10-13-26-12-6-7-14-28(26)30)16-17-31(29)43-25(3)11-8-9-18-42-32(23)21-37(4)5/h6-7,10,12-17,19,23-25,32,39H,8-9,11,18,20-22H2,1-5H3,(H2,35,36,41)/t23-,24-,25-,32+/m1/s1. The van der Waals surface area contributed by atoms with E-state index in [1.165, 1.54) is 0 Å². The van der Waals surface area contributed by atoms with Gasteiger partial charge in [-0.25, -0.2) is 4.79 Å². The fourth-order valence-electron chi connectivity index (χ4n) is 5.44. The number of hydrogen-bond acceptors (Lipinski definition) is 6. The van der Waals surface area contributed by atoms with Crippen molar-refractivity contribution in [3.63, 3.8) is 0 Å². The van der Waals surface area contributed by atoms with E-state index in [1.54, 1.807) is 23.1 Å². The van der Waals surface area contributed by atoms with E-state index in [4.69, 9.17) is 9.47 Å². The highest BCUT2D eigenvalue weighted by Crippen LogP contribution is 2.29. The number of nitrogens with zero attached hydrogens (tertiary/aromatic N) is 2. The van der Waals surface area contributed by atoms with E-state index in [-0.39, 0.29) is 30.6 Å². The van der Waals surface area contributed by atoms with Crippen LogP contribution in [0.2, 0.25) is 0 Å². The summed E-state index contributed by atoms with van der Waals surface area (Å²) in [5.74, 6) is 0.201. The summed E-state index contributed by atoms with van der Waals surface area (Å²) in [4.78, 5) is 31.1. The molecule has 9 heteroatoms. The van der Waals surface area contributed by atoms with Crippen molar-refractivity contribution in [3.05, 3.63) is 66.2 Å². The van der Waals surface area contributed by atoms with Gasteiger partial charge in [0.2, 0.25) is 0 Å². The van der Waals surface area contributed by atoms with E-state index < -0.39 is 12.1 Å². The zero-order chi connectivity index (χ0) is 30.9. The number of benzene rings is 3. The first-order valence-electron chi connectivity index (χ1n) is 15.2. The van der Waals surface area contributed by atoms with E-state index in [0.29, 0.717) is 35.8 Å². The number of anilines is 2. The third-order valence-corrected chi connectivity index (χ3v) is 7.89. The molecule has 0 spiro atoms. The highest BCUT2D eigenvalue weighted by atomic mass is 16.5. The SMILES string of the molecule is C[C@@H]1CCCCO[C@@H](CN(C)C)[C@H](C)CN([C@H](C)CO)C(=O)c2cc(NC(=O)Nc3cccc4ccccc34)ccc2O1. The van der Waals surface area contributed by atoms with E-state index in [0.717, 1.165) is 36.6 Å². The molecule has 0 radical (unpaired) electrons. The first kappa shape index (κ1) is 32.3. The van der Waals surface area contributed by atoms with Crippen LogP contribution < -0.4 is 15.4 Å². The van der Waals surface area contributed by atoms with E-state index in [2.05, 4.69) is 22.5 Å². The largest absolute Gasteiger partial charge is 0.490 e. The second-order valence-electron chi connectivity index (χ2n) is 11.9. The van der Waals surface area contributed by atoms with E-state index in [1.807, 2.05) is 70.4 Å². The lowest BCUT2D eigenvalue weighted by Crippen LogP contribution is -2.47. The summed E-state index contributed by atoms with van der Waals surface area (Å²) >= 11 is 0. The third-order valence-electron chi connectivity index (χ3n) is 7.89. The van der Waals surface area contributed by atoms with Crippen molar-refractivity contribution in [2.45, 2.75) is 58.3 Å². The second kappa shape index (κ2) is 15.2. The monoisotopic (exact) mass is 590 g/mol. The highest BCUT2D eigenvalue weighted by molar-refractivity contribution is 6.07. The lowest BCUT2D eigenvalue weighted by molar-refractivity contribution is -0.0137. The Morgan fingerprint density at radius 1 is 1.07 bits per heavy atom. The minimum atomic E-state index is -0.431. The van der Waals surface area contributed by atoms with E-state index >= 15 is 0 Å². The van der Waals surface area contributed by atoms with Gasteiger partial charge in [-0.1, -0.05) is 43.3 Å². The number of aliphatic hydroxyl groups excluding tert-OH is 1. The molecule has 4 rings (SSSR count). The Morgan fingerprint density at radius 2 is 1.84 bits per heavy atom. The average molecular weight is 591 g/mol. The van der Waals surface area contributed by atoms with Crippen molar-refractivity contribution in [3.8, 4) is 5.75 Å². The summed E-state index contributed by atoms with van der Waals surface area (Å²) < 4.78 is 12.6. The number of amides is 3. The van der Waals surface area contributed by atoms with Gasteiger partial charge in [0.1, 0.15) is 5.75 Å². The Bertz CT molecular complexity index is 1370. The number of rotatable bonds is 6. The Morgan fingerprint density at radius 3 is 2.60 bits per heavy atom. The number of likely N-dealkylation sites (N-methyl/N-ethyl adjacent to an activating group) is 1. The van der Waals surface area contributed by atoms with Gasteiger partial charge in [0.05, 0.1) is 36.1 Å². The number of hydrogen-bond donors (Lipinski definition) is 3. The summed E-state index contributed by atoms with van der Waals surface area (Å²) in [6, 6.07) is 17.9. The minimum absolute atomic E-state index is 0.0133. The molecule has 0 bridgehead atoms. The Hall–Kier alpha value is -3.66. The molecule has 3 aromatic rings. The first-order chi connectivity index (χ1) is 20.7.